The van der Waals surface area contributed by atoms with Gasteiger partial charge in [0.2, 0.25) is 0 Å². The maximum atomic E-state index is 9.21. The fourth-order valence-corrected chi connectivity index (χ4v) is 3.03. The summed E-state index contributed by atoms with van der Waals surface area (Å²) in [6, 6.07) is 18.3. The first-order valence-corrected chi connectivity index (χ1v) is 8.93. The lowest BCUT2D eigenvalue weighted by atomic mass is 10.0. The topological polar surface area (TPSA) is 84.4 Å². The van der Waals surface area contributed by atoms with Gasteiger partial charge in [-0.3, -0.25) is 4.98 Å². The number of benzene rings is 2. The van der Waals surface area contributed by atoms with E-state index < -0.39 is 6.04 Å². The summed E-state index contributed by atoms with van der Waals surface area (Å²) < 4.78 is 0. The van der Waals surface area contributed by atoms with E-state index in [2.05, 4.69) is 16.0 Å². The Balaban J connectivity index is 2.14. The van der Waals surface area contributed by atoms with Crippen LogP contribution in [0.2, 0.25) is 5.02 Å². The van der Waals surface area contributed by atoms with Crippen molar-refractivity contribution in [1.29, 1.82) is 5.26 Å². The Morgan fingerprint density at radius 1 is 1.11 bits per heavy atom. The fourth-order valence-electron chi connectivity index (χ4n) is 2.90. The molecule has 3 rings (SSSR count). The molecule has 142 valence electrons. The molecule has 0 radical (unpaired) electrons. The van der Waals surface area contributed by atoms with Crippen molar-refractivity contribution in [2.75, 3.05) is 5.06 Å². The molecule has 28 heavy (non-hydrogen) atoms. The summed E-state index contributed by atoms with van der Waals surface area (Å²) in [5.74, 6) is 5.25. The average Bonchev–Trinajstić information content (AvgIpc) is 2.70. The molecule has 3 aromatic rings. The van der Waals surface area contributed by atoms with Crippen LogP contribution >= 0.6 is 11.6 Å². The molecule has 0 aliphatic carbocycles. The van der Waals surface area contributed by atoms with Gasteiger partial charge in [0.25, 0.3) is 0 Å². The van der Waals surface area contributed by atoms with Crippen molar-refractivity contribution in [2.24, 2.45) is 5.90 Å². The lowest BCUT2D eigenvalue weighted by Crippen LogP contribution is -2.32. The molecular formula is C21H19ClN4O2. The SMILES string of the molecule is Cc1ccc(C(c2ccc(Cl)cc2)N(OON)c2ccc(C#N)c(C)c2)nc1. The molecule has 0 saturated carbocycles. The molecule has 6 nitrogen and oxygen atoms in total. The predicted molar refractivity (Wildman–Crippen MR) is 107 cm³/mol. The van der Waals surface area contributed by atoms with Crippen LogP contribution in [0.4, 0.5) is 5.69 Å². The number of hydrogen-bond donors (Lipinski definition) is 1. The standard InChI is InChI=1S/C21H19ClN4O2/c1-14-3-10-20(25-13-14)21(16-4-7-18(22)8-5-16)26(28-27-24)19-9-6-17(12-23)15(2)11-19/h3-11,13,21H,24H2,1-2H3. The Morgan fingerprint density at radius 2 is 1.86 bits per heavy atom. The molecule has 0 aliphatic heterocycles. The zero-order valence-corrected chi connectivity index (χ0v) is 16.2. The quantitative estimate of drug-likeness (QED) is 0.487. The van der Waals surface area contributed by atoms with Gasteiger partial charge in [0.1, 0.15) is 6.04 Å². The van der Waals surface area contributed by atoms with Gasteiger partial charge in [-0.2, -0.15) is 11.2 Å². The molecular weight excluding hydrogens is 376 g/mol. The summed E-state index contributed by atoms with van der Waals surface area (Å²) in [5, 5.41) is 11.3. The molecule has 1 heterocycles. The second-order valence-electron chi connectivity index (χ2n) is 6.32. The van der Waals surface area contributed by atoms with Gasteiger partial charge in [-0.25, -0.2) is 5.06 Å². The van der Waals surface area contributed by atoms with Crippen LogP contribution in [-0.2, 0) is 9.98 Å². The van der Waals surface area contributed by atoms with E-state index in [0.29, 0.717) is 16.3 Å². The molecule has 0 amide bonds. The second kappa shape index (κ2) is 8.83. The second-order valence-corrected chi connectivity index (χ2v) is 6.76. The molecule has 0 aliphatic rings. The van der Waals surface area contributed by atoms with Crippen LogP contribution in [0.1, 0.15) is 34.0 Å². The highest BCUT2D eigenvalue weighted by atomic mass is 35.5. The molecule has 0 bridgehead atoms. The number of nitriles is 1. The van der Waals surface area contributed by atoms with E-state index in [1.807, 2.05) is 44.2 Å². The van der Waals surface area contributed by atoms with E-state index >= 15 is 0 Å². The number of rotatable bonds is 6. The summed E-state index contributed by atoms with van der Waals surface area (Å²) in [5.41, 5.74) is 4.68. The lowest BCUT2D eigenvalue weighted by Gasteiger charge is -2.30. The molecule has 0 fully saturated rings. The highest BCUT2D eigenvalue weighted by molar-refractivity contribution is 6.30. The van der Waals surface area contributed by atoms with Crippen molar-refractivity contribution >= 4 is 17.3 Å². The van der Waals surface area contributed by atoms with Crippen LogP contribution in [0.25, 0.3) is 0 Å². The molecule has 0 saturated heterocycles. The number of nitrogens with two attached hydrogens (primary N) is 1. The smallest absolute Gasteiger partial charge is 0.126 e. The summed E-state index contributed by atoms with van der Waals surface area (Å²) in [6.45, 7) is 3.82. The first-order valence-electron chi connectivity index (χ1n) is 8.55. The molecule has 2 aromatic carbocycles. The molecule has 1 aromatic heterocycles. The Hall–Kier alpha value is -2.95. The number of aryl methyl sites for hydroxylation is 2. The van der Waals surface area contributed by atoms with Crippen molar-refractivity contribution in [1.82, 2.24) is 4.98 Å². The van der Waals surface area contributed by atoms with Crippen molar-refractivity contribution in [2.45, 2.75) is 19.9 Å². The van der Waals surface area contributed by atoms with Gasteiger partial charge >= 0.3 is 0 Å². The third-order valence-corrected chi connectivity index (χ3v) is 4.59. The third-order valence-electron chi connectivity index (χ3n) is 4.34. The Labute approximate surface area is 168 Å². The van der Waals surface area contributed by atoms with E-state index in [1.54, 1.807) is 30.5 Å². The molecule has 1 atom stereocenters. The van der Waals surface area contributed by atoms with Crippen molar-refractivity contribution in [3.8, 4) is 6.07 Å². The third kappa shape index (κ3) is 4.30. The first kappa shape index (κ1) is 19.8. The van der Waals surface area contributed by atoms with Crippen LogP contribution < -0.4 is 11.0 Å². The van der Waals surface area contributed by atoms with E-state index in [1.165, 1.54) is 5.06 Å². The highest BCUT2D eigenvalue weighted by Crippen LogP contribution is 2.34. The highest BCUT2D eigenvalue weighted by Gasteiger charge is 2.27. The van der Waals surface area contributed by atoms with E-state index in [9.17, 15) is 5.26 Å². The number of nitrogens with zero attached hydrogens (tertiary/aromatic N) is 3. The van der Waals surface area contributed by atoms with Crippen LogP contribution in [0.15, 0.2) is 60.8 Å². The minimum absolute atomic E-state index is 0.464. The van der Waals surface area contributed by atoms with Gasteiger partial charge in [-0.05, 0) is 66.9 Å². The van der Waals surface area contributed by atoms with Gasteiger partial charge < -0.3 is 0 Å². The van der Waals surface area contributed by atoms with Crippen LogP contribution in [0.3, 0.4) is 0 Å². The summed E-state index contributed by atoms with van der Waals surface area (Å²) in [4.78, 5) is 14.4. The normalized spacial score (nSPS) is 11.7. The van der Waals surface area contributed by atoms with Gasteiger partial charge in [-0.1, -0.05) is 34.8 Å². The molecule has 0 spiro atoms. The van der Waals surface area contributed by atoms with E-state index in [4.69, 9.17) is 22.5 Å². The van der Waals surface area contributed by atoms with Crippen LogP contribution in [0, 0.1) is 25.2 Å². The Kier molecular flexibility index (Phi) is 6.24. The molecule has 7 heteroatoms. The van der Waals surface area contributed by atoms with Crippen LogP contribution in [0.5, 0.6) is 0 Å². The van der Waals surface area contributed by atoms with E-state index in [-0.39, 0.29) is 0 Å². The van der Waals surface area contributed by atoms with E-state index in [0.717, 1.165) is 22.4 Å². The lowest BCUT2D eigenvalue weighted by molar-refractivity contribution is -0.313. The first-order chi connectivity index (χ1) is 13.5. The number of hydroxylamine groups is 1. The number of halogens is 1. The predicted octanol–water partition coefficient (Wildman–Crippen LogP) is 4.56. The zero-order chi connectivity index (χ0) is 20.1. The summed E-state index contributed by atoms with van der Waals surface area (Å²) >= 11 is 6.06. The summed E-state index contributed by atoms with van der Waals surface area (Å²) in [6.07, 6.45) is 1.78. The maximum Gasteiger partial charge on any atom is 0.126 e. The maximum absolute atomic E-state index is 9.21. The zero-order valence-electron chi connectivity index (χ0n) is 15.5. The van der Waals surface area contributed by atoms with Crippen molar-refractivity contribution < 1.29 is 9.98 Å². The minimum Gasteiger partial charge on any atom is -0.258 e. The monoisotopic (exact) mass is 394 g/mol. The fraction of sp³-hybridized carbons (Fsp3) is 0.143. The van der Waals surface area contributed by atoms with Gasteiger partial charge in [0, 0.05) is 11.2 Å². The Morgan fingerprint density at radius 3 is 2.43 bits per heavy atom. The van der Waals surface area contributed by atoms with Crippen molar-refractivity contribution in [3.63, 3.8) is 0 Å². The van der Waals surface area contributed by atoms with Gasteiger partial charge in [-0.15, -0.1) is 4.99 Å². The molecule has 2 N–H and O–H groups in total. The Bertz CT molecular complexity index is 939. The van der Waals surface area contributed by atoms with Crippen LogP contribution in [-0.4, -0.2) is 4.98 Å². The minimum atomic E-state index is -0.464. The van der Waals surface area contributed by atoms with Gasteiger partial charge in [0.15, 0.2) is 0 Å². The number of anilines is 1. The molecule has 1 unspecified atom stereocenters. The van der Waals surface area contributed by atoms with Gasteiger partial charge in [0.05, 0.1) is 23.0 Å². The largest absolute Gasteiger partial charge is 0.258 e. The average molecular weight is 395 g/mol. The number of hydrogen-bond acceptors (Lipinski definition) is 6. The number of aromatic nitrogens is 1. The number of pyridine rings is 1. The van der Waals surface area contributed by atoms with Crippen molar-refractivity contribution in [3.05, 3.63) is 93.8 Å². The summed E-state index contributed by atoms with van der Waals surface area (Å²) in [7, 11) is 0.